The lowest BCUT2D eigenvalue weighted by molar-refractivity contribution is -0.00382. The Bertz CT molecular complexity index is 1650. The normalized spacial score (nSPS) is 21.1. The Kier molecular flexibility index (Phi) is 10.2. The summed E-state index contributed by atoms with van der Waals surface area (Å²) < 4.78 is 52.2. The first kappa shape index (κ1) is 34.9. The number of benzene rings is 1. The van der Waals surface area contributed by atoms with E-state index >= 15 is 0 Å². The van der Waals surface area contributed by atoms with Gasteiger partial charge in [-0.25, -0.2) is 13.6 Å². The van der Waals surface area contributed by atoms with Gasteiger partial charge < -0.3 is 23.6 Å². The number of hydrogen-bond donors (Lipinski definition) is 0. The zero-order chi connectivity index (χ0) is 34.8. The van der Waals surface area contributed by atoms with Gasteiger partial charge in [0.05, 0.1) is 30.0 Å². The lowest BCUT2D eigenvalue weighted by Crippen LogP contribution is -2.50. The summed E-state index contributed by atoms with van der Waals surface area (Å²) in [6.07, 6.45) is 1.98. The molecule has 0 saturated carbocycles. The molecule has 258 valence electrons. The van der Waals surface area contributed by atoms with Crippen LogP contribution in [0.2, 0.25) is 0 Å². The highest BCUT2D eigenvalue weighted by atomic mass is 19.1. The number of nitriles is 1. The van der Waals surface area contributed by atoms with Crippen LogP contribution < -0.4 is 9.47 Å². The molecule has 1 amide bonds. The number of ether oxygens (including phenoxy) is 3. The molecule has 2 aliphatic rings. The van der Waals surface area contributed by atoms with E-state index in [1.807, 2.05) is 6.92 Å². The molecule has 2 fully saturated rings. The van der Waals surface area contributed by atoms with Gasteiger partial charge in [-0.05, 0) is 74.0 Å². The quantitative estimate of drug-likeness (QED) is 0.263. The minimum atomic E-state index is -1.10. The standard InChI is InChI=1S/C34H43F2N7O5/c1-20(26-9-8-15-42(26)7)45-27-19-28(46-23-13-16-43(22(18-23)12-14-37)32(44)47-33(2,3)4)39-29(38-27)30-40-31(48-41-30)34(5,6)24-11-10-21(35)17-25(24)36/h10-11,17,19-20,22-23,26H,8-9,12-13,15-16,18H2,1-7H3/t20-,22+,23-,26-/m0/s1. The van der Waals surface area contributed by atoms with Crippen LogP contribution in [0.15, 0.2) is 28.8 Å². The number of halogens is 2. The van der Waals surface area contributed by atoms with Gasteiger partial charge in [-0.15, -0.1) is 0 Å². The number of nitrogens with zero attached hydrogens (tertiary/aromatic N) is 7. The highest BCUT2D eigenvalue weighted by Crippen LogP contribution is 2.34. The Morgan fingerprint density at radius 1 is 1.08 bits per heavy atom. The van der Waals surface area contributed by atoms with Crippen molar-refractivity contribution in [2.24, 2.45) is 0 Å². The van der Waals surface area contributed by atoms with Gasteiger partial charge >= 0.3 is 6.09 Å². The Morgan fingerprint density at radius 3 is 2.50 bits per heavy atom. The maximum absolute atomic E-state index is 14.7. The molecule has 2 saturated heterocycles. The summed E-state index contributed by atoms with van der Waals surface area (Å²) in [5, 5.41) is 13.6. The van der Waals surface area contributed by atoms with Crippen LogP contribution in [-0.4, -0.2) is 86.0 Å². The summed E-state index contributed by atoms with van der Waals surface area (Å²) in [6.45, 7) is 12.1. The number of aromatic nitrogens is 4. The second kappa shape index (κ2) is 14.0. The van der Waals surface area contributed by atoms with Crippen molar-refractivity contribution in [3.05, 3.63) is 47.4 Å². The molecule has 0 unspecified atom stereocenters. The zero-order valence-electron chi connectivity index (χ0n) is 28.5. The molecule has 3 aromatic rings. The first-order chi connectivity index (χ1) is 22.6. The van der Waals surface area contributed by atoms with Crippen molar-refractivity contribution in [2.45, 2.75) is 109 Å². The van der Waals surface area contributed by atoms with Gasteiger partial charge in [0.1, 0.15) is 29.4 Å². The van der Waals surface area contributed by atoms with Crippen LogP contribution in [0.3, 0.4) is 0 Å². The molecule has 12 nitrogen and oxygen atoms in total. The van der Waals surface area contributed by atoms with Crippen molar-refractivity contribution in [3.8, 4) is 29.5 Å². The third kappa shape index (κ3) is 8.01. The molecular weight excluding hydrogens is 624 g/mol. The number of rotatable bonds is 9. The minimum absolute atomic E-state index is 0.0311. The molecule has 0 spiro atoms. The Morgan fingerprint density at radius 2 is 1.83 bits per heavy atom. The van der Waals surface area contributed by atoms with Gasteiger partial charge in [-0.2, -0.15) is 20.2 Å². The number of amides is 1. The molecule has 0 aliphatic carbocycles. The number of likely N-dealkylation sites (tertiary alicyclic amines) is 2. The number of likely N-dealkylation sites (N-methyl/N-ethyl adjacent to an activating group) is 1. The van der Waals surface area contributed by atoms with Gasteiger partial charge in [-0.1, -0.05) is 11.2 Å². The summed E-state index contributed by atoms with van der Waals surface area (Å²) in [4.78, 5) is 30.4. The monoisotopic (exact) mass is 667 g/mol. The molecule has 1 aromatic carbocycles. The molecule has 0 N–H and O–H groups in total. The van der Waals surface area contributed by atoms with E-state index in [0.717, 1.165) is 25.5 Å². The van der Waals surface area contributed by atoms with Crippen LogP contribution in [0.1, 0.15) is 85.1 Å². The van der Waals surface area contributed by atoms with Crippen LogP contribution in [0.5, 0.6) is 11.8 Å². The average molecular weight is 668 g/mol. The molecule has 4 atom stereocenters. The predicted octanol–water partition coefficient (Wildman–Crippen LogP) is 6.05. The fraction of sp³-hybridized carbons (Fsp3) is 0.588. The maximum Gasteiger partial charge on any atom is 0.410 e. The van der Waals surface area contributed by atoms with Crippen molar-refractivity contribution in [1.29, 1.82) is 5.26 Å². The van der Waals surface area contributed by atoms with Crippen LogP contribution in [0.4, 0.5) is 13.6 Å². The summed E-state index contributed by atoms with van der Waals surface area (Å²) >= 11 is 0. The number of piperidine rings is 1. The van der Waals surface area contributed by atoms with Crippen LogP contribution in [-0.2, 0) is 10.2 Å². The SMILES string of the molecule is C[C@H](Oc1cc(O[C@H]2CCN(C(=O)OC(C)(C)C)[C@H](CC#N)C2)nc(-c2noc(C(C)(C)c3ccc(F)cc3F)n2)n1)[C@@H]1CCCN1C. The number of carbonyl (C=O) groups is 1. The second-order valence-electron chi connectivity index (χ2n) is 14.0. The Labute approximate surface area is 279 Å². The molecular formula is C34H43F2N7O5. The number of hydrogen-bond acceptors (Lipinski definition) is 11. The molecule has 4 heterocycles. The maximum atomic E-state index is 14.7. The Hall–Kier alpha value is -4.38. The predicted molar refractivity (Wildman–Crippen MR) is 170 cm³/mol. The Balaban J connectivity index is 1.42. The van der Waals surface area contributed by atoms with Crippen molar-refractivity contribution in [1.82, 2.24) is 29.9 Å². The van der Waals surface area contributed by atoms with Crippen LogP contribution >= 0.6 is 0 Å². The van der Waals surface area contributed by atoms with Crippen molar-refractivity contribution in [3.63, 3.8) is 0 Å². The lowest BCUT2D eigenvalue weighted by Gasteiger charge is -2.38. The van der Waals surface area contributed by atoms with Gasteiger partial charge in [0.15, 0.2) is 0 Å². The average Bonchev–Trinajstić information content (AvgIpc) is 3.66. The summed E-state index contributed by atoms with van der Waals surface area (Å²) in [6, 6.07) is 6.89. The summed E-state index contributed by atoms with van der Waals surface area (Å²) in [5.41, 5.74) is -1.59. The third-order valence-corrected chi connectivity index (χ3v) is 8.78. The zero-order valence-corrected chi connectivity index (χ0v) is 28.5. The van der Waals surface area contributed by atoms with E-state index < -0.39 is 34.8 Å². The van der Waals surface area contributed by atoms with E-state index in [1.54, 1.807) is 45.6 Å². The van der Waals surface area contributed by atoms with Crippen molar-refractivity contribution >= 4 is 6.09 Å². The molecule has 0 bridgehead atoms. The lowest BCUT2D eigenvalue weighted by atomic mass is 9.84. The first-order valence-electron chi connectivity index (χ1n) is 16.2. The fourth-order valence-corrected chi connectivity index (χ4v) is 6.25. The smallest absolute Gasteiger partial charge is 0.410 e. The minimum Gasteiger partial charge on any atom is -0.474 e. The summed E-state index contributed by atoms with van der Waals surface area (Å²) in [7, 11) is 2.06. The molecule has 48 heavy (non-hydrogen) atoms. The molecule has 5 rings (SSSR count). The topological polar surface area (TPSA) is 140 Å². The number of carbonyl (C=O) groups excluding carboxylic acids is 1. The van der Waals surface area contributed by atoms with E-state index in [1.165, 1.54) is 12.1 Å². The second-order valence-corrected chi connectivity index (χ2v) is 14.0. The molecule has 14 heteroatoms. The van der Waals surface area contributed by atoms with E-state index in [4.69, 9.17) is 18.7 Å². The van der Waals surface area contributed by atoms with E-state index in [0.29, 0.717) is 19.4 Å². The van der Waals surface area contributed by atoms with E-state index in [2.05, 4.69) is 38.1 Å². The molecule has 2 aromatic heterocycles. The fourth-order valence-electron chi connectivity index (χ4n) is 6.25. The van der Waals surface area contributed by atoms with Crippen LogP contribution in [0, 0.1) is 23.0 Å². The van der Waals surface area contributed by atoms with E-state index in [-0.39, 0.29) is 59.5 Å². The highest BCUT2D eigenvalue weighted by molar-refractivity contribution is 5.68. The van der Waals surface area contributed by atoms with Crippen LogP contribution in [0.25, 0.3) is 11.6 Å². The first-order valence-corrected chi connectivity index (χ1v) is 16.2. The van der Waals surface area contributed by atoms with Crippen molar-refractivity contribution in [2.75, 3.05) is 20.1 Å². The highest BCUT2D eigenvalue weighted by Gasteiger charge is 2.37. The third-order valence-electron chi connectivity index (χ3n) is 8.78. The van der Waals surface area contributed by atoms with Crippen molar-refractivity contribution < 1.29 is 32.3 Å². The summed E-state index contributed by atoms with van der Waals surface area (Å²) in [5.74, 6) is -0.802. The van der Waals surface area contributed by atoms with Gasteiger partial charge in [-0.3, -0.25) is 4.90 Å². The van der Waals surface area contributed by atoms with Gasteiger partial charge in [0, 0.05) is 37.1 Å². The molecule has 2 aliphatic heterocycles. The van der Waals surface area contributed by atoms with Gasteiger partial charge in [0.25, 0.3) is 0 Å². The van der Waals surface area contributed by atoms with Gasteiger partial charge in [0.2, 0.25) is 29.3 Å². The molecule has 0 radical (unpaired) electrons. The largest absolute Gasteiger partial charge is 0.474 e. The van der Waals surface area contributed by atoms with E-state index in [9.17, 15) is 18.8 Å².